The SMILES string of the molecule is Cc1ccc(-c2cncc(CN3CCCC3)c2)cc1. The minimum absolute atomic E-state index is 1.03. The molecule has 0 radical (unpaired) electrons. The number of hydrogen-bond donors (Lipinski definition) is 0. The molecule has 2 aromatic rings. The van der Waals surface area contributed by atoms with E-state index in [1.807, 2.05) is 12.4 Å². The van der Waals surface area contributed by atoms with E-state index in [-0.39, 0.29) is 0 Å². The smallest absolute Gasteiger partial charge is 0.0346 e. The van der Waals surface area contributed by atoms with E-state index >= 15 is 0 Å². The van der Waals surface area contributed by atoms with Crippen LogP contribution in [0.25, 0.3) is 11.1 Å². The second kappa shape index (κ2) is 5.54. The van der Waals surface area contributed by atoms with Crippen LogP contribution in [0.4, 0.5) is 0 Å². The standard InChI is InChI=1S/C17H20N2/c1-14-4-6-16(7-5-14)17-10-15(11-18-12-17)13-19-8-2-3-9-19/h4-7,10-12H,2-3,8-9,13H2,1H3. The lowest BCUT2D eigenvalue weighted by Gasteiger charge is -2.14. The Kier molecular flexibility index (Phi) is 3.60. The minimum Gasteiger partial charge on any atom is -0.299 e. The molecule has 0 saturated carbocycles. The first kappa shape index (κ1) is 12.4. The molecule has 2 heteroatoms. The Hall–Kier alpha value is -1.67. The van der Waals surface area contributed by atoms with Crippen LogP contribution in [0.1, 0.15) is 24.0 Å². The van der Waals surface area contributed by atoms with Crippen molar-refractivity contribution < 1.29 is 0 Å². The maximum absolute atomic E-state index is 4.40. The van der Waals surface area contributed by atoms with Crippen LogP contribution in [-0.4, -0.2) is 23.0 Å². The fourth-order valence-electron chi connectivity index (χ4n) is 2.68. The maximum Gasteiger partial charge on any atom is 0.0346 e. The lowest BCUT2D eigenvalue weighted by molar-refractivity contribution is 0.331. The summed E-state index contributed by atoms with van der Waals surface area (Å²) in [4.78, 5) is 6.91. The van der Waals surface area contributed by atoms with Crippen LogP contribution in [0.3, 0.4) is 0 Å². The zero-order valence-corrected chi connectivity index (χ0v) is 11.5. The summed E-state index contributed by atoms with van der Waals surface area (Å²) in [5.41, 5.74) is 5.09. The molecule has 3 rings (SSSR count). The van der Waals surface area contributed by atoms with Gasteiger partial charge in [0.2, 0.25) is 0 Å². The van der Waals surface area contributed by atoms with Gasteiger partial charge in [0.05, 0.1) is 0 Å². The molecule has 1 aromatic heterocycles. The summed E-state index contributed by atoms with van der Waals surface area (Å²) in [5.74, 6) is 0. The monoisotopic (exact) mass is 252 g/mol. The maximum atomic E-state index is 4.40. The van der Waals surface area contributed by atoms with Gasteiger partial charge in [-0.2, -0.15) is 0 Å². The van der Waals surface area contributed by atoms with Gasteiger partial charge in [0, 0.05) is 24.5 Å². The molecule has 1 aliphatic heterocycles. The number of benzene rings is 1. The highest BCUT2D eigenvalue weighted by molar-refractivity contribution is 5.63. The molecule has 1 fully saturated rings. The van der Waals surface area contributed by atoms with Crippen LogP contribution in [0.2, 0.25) is 0 Å². The van der Waals surface area contributed by atoms with Gasteiger partial charge < -0.3 is 0 Å². The van der Waals surface area contributed by atoms with Gasteiger partial charge in [-0.1, -0.05) is 29.8 Å². The van der Waals surface area contributed by atoms with Crippen molar-refractivity contribution in [2.24, 2.45) is 0 Å². The number of nitrogens with zero attached hydrogens (tertiary/aromatic N) is 2. The van der Waals surface area contributed by atoms with Crippen molar-refractivity contribution >= 4 is 0 Å². The zero-order valence-electron chi connectivity index (χ0n) is 11.5. The van der Waals surface area contributed by atoms with Crippen LogP contribution >= 0.6 is 0 Å². The van der Waals surface area contributed by atoms with E-state index in [1.165, 1.54) is 48.2 Å². The minimum atomic E-state index is 1.03. The second-order valence-corrected chi connectivity index (χ2v) is 5.43. The fourth-order valence-corrected chi connectivity index (χ4v) is 2.68. The molecule has 1 aliphatic rings. The molecule has 0 amide bonds. The number of aromatic nitrogens is 1. The Morgan fingerprint density at radius 2 is 1.74 bits per heavy atom. The number of pyridine rings is 1. The van der Waals surface area contributed by atoms with Gasteiger partial charge in [-0.05, 0) is 50.0 Å². The summed E-state index contributed by atoms with van der Waals surface area (Å²) >= 11 is 0. The highest BCUT2D eigenvalue weighted by Gasteiger charge is 2.12. The highest BCUT2D eigenvalue weighted by atomic mass is 15.1. The van der Waals surface area contributed by atoms with Gasteiger partial charge in [-0.25, -0.2) is 0 Å². The third-order valence-electron chi connectivity index (χ3n) is 3.78. The highest BCUT2D eigenvalue weighted by Crippen LogP contribution is 2.21. The molecule has 0 spiro atoms. The molecule has 0 atom stereocenters. The Bertz CT molecular complexity index is 539. The van der Waals surface area contributed by atoms with Crippen LogP contribution in [0, 0.1) is 6.92 Å². The normalized spacial score (nSPS) is 15.8. The summed E-state index contributed by atoms with van der Waals surface area (Å²) in [6.07, 6.45) is 6.63. The largest absolute Gasteiger partial charge is 0.299 e. The molecule has 98 valence electrons. The number of hydrogen-bond acceptors (Lipinski definition) is 2. The van der Waals surface area contributed by atoms with Gasteiger partial charge >= 0.3 is 0 Å². The van der Waals surface area contributed by atoms with Crippen LogP contribution in [0.5, 0.6) is 0 Å². The lowest BCUT2D eigenvalue weighted by Crippen LogP contribution is -2.18. The van der Waals surface area contributed by atoms with Crippen molar-refractivity contribution in [3.63, 3.8) is 0 Å². The molecular weight excluding hydrogens is 232 g/mol. The van der Waals surface area contributed by atoms with Gasteiger partial charge in [-0.15, -0.1) is 0 Å². The fraction of sp³-hybridized carbons (Fsp3) is 0.353. The summed E-state index contributed by atoms with van der Waals surface area (Å²) in [5, 5.41) is 0. The Morgan fingerprint density at radius 1 is 1.00 bits per heavy atom. The predicted octanol–water partition coefficient (Wildman–Crippen LogP) is 3.65. The van der Waals surface area contributed by atoms with Crippen LogP contribution in [0.15, 0.2) is 42.7 Å². The van der Waals surface area contributed by atoms with E-state index in [2.05, 4.69) is 47.1 Å². The van der Waals surface area contributed by atoms with E-state index in [9.17, 15) is 0 Å². The predicted molar refractivity (Wildman–Crippen MR) is 78.9 cm³/mol. The molecule has 0 unspecified atom stereocenters. The van der Waals surface area contributed by atoms with Gasteiger partial charge in [-0.3, -0.25) is 9.88 Å². The van der Waals surface area contributed by atoms with Crippen molar-refractivity contribution in [2.75, 3.05) is 13.1 Å². The number of likely N-dealkylation sites (tertiary alicyclic amines) is 1. The van der Waals surface area contributed by atoms with Gasteiger partial charge in [0.15, 0.2) is 0 Å². The Balaban J connectivity index is 1.80. The summed E-state index contributed by atoms with van der Waals surface area (Å²) < 4.78 is 0. The number of aryl methyl sites for hydroxylation is 1. The molecule has 0 aliphatic carbocycles. The molecule has 19 heavy (non-hydrogen) atoms. The molecule has 2 heterocycles. The topological polar surface area (TPSA) is 16.1 Å². The molecule has 2 nitrogen and oxygen atoms in total. The summed E-state index contributed by atoms with van der Waals surface area (Å²) in [6, 6.07) is 10.9. The zero-order chi connectivity index (χ0) is 13.1. The average Bonchev–Trinajstić information content (AvgIpc) is 2.93. The molecule has 0 N–H and O–H groups in total. The van der Waals surface area contributed by atoms with E-state index in [0.717, 1.165) is 6.54 Å². The van der Waals surface area contributed by atoms with Crippen molar-refractivity contribution in [2.45, 2.75) is 26.3 Å². The Labute approximate surface area is 115 Å². The lowest BCUT2D eigenvalue weighted by atomic mass is 10.0. The van der Waals surface area contributed by atoms with Crippen molar-refractivity contribution in [3.05, 3.63) is 53.9 Å². The Morgan fingerprint density at radius 3 is 2.47 bits per heavy atom. The van der Waals surface area contributed by atoms with E-state index in [4.69, 9.17) is 0 Å². The first-order valence-corrected chi connectivity index (χ1v) is 7.04. The van der Waals surface area contributed by atoms with Crippen LogP contribution in [-0.2, 0) is 6.54 Å². The second-order valence-electron chi connectivity index (χ2n) is 5.43. The summed E-state index contributed by atoms with van der Waals surface area (Å²) in [6.45, 7) is 5.61. The first-order valence-electron chi connectivity index (χ1n) is 7.04. The van der Waals surface area contributed by atoms with Crippen molar-refractivity contribution in [1.82, 2.24) is 9.88 Å². The first-order chi connectivity index (χ1) is 9.31. The van der Waals surface area contributed by atoms with E-state index < -0.39 is 0 Å². The third-order valence-corrected chi connectivity index (χ3v) is 3.78. The molecule has 1 aromatic carbocycles. The molecule has 1 saturated heterocycles. The summed E-state index contributed by atoms with van der Waals surface area (Å²) in [7, 11) is 0. The van der Waals surface area contributed by atoms with E-state index in [0.29, 0.717) is 0 Å². The number of rotatable bonds is 3. The molecular formula is C17H20N2. The average molecular weight is 252 g/mol. The van der Waals surface area contributed by atoms with Gasteiger partial charge in [0.1, 0.15) is 0 Å². The van der Waals surface area contributed by atoms with Gasteiger partial charge in [0.25, 0.3) is 0 Å². The van der Waals surface area contributed by atoms with Crippen molar-refractivity contribution in [1.29, 1.82) is 0 Å². The van der Waals surface area contributed by atoms with Crippen molar-refractivity contribution in [3.8, 4) is 11.1 Å². The van der Waals surface area contributed by atoms with Crippen LogP contribution < -0.4 is 0 Å². The molecule has 0 bridgehead atoms. The van der Waals surface area contributed by atoms with E-state index in [1.54, 1.807) is 0 Å². The quantitative estimate of drug-likeness (QED) is 0.829. The third kappa shape index (κ3) is 3.02.